The van der Waals surface area contributed by atoms with E-state index in [1.165, 1.54) is 12.8 Å². The van der Waals surface area contributed by atoms with E-state index in [0.29, 0.717) is 5.41 Å². The van der Waals surface area contributed by atoms with E-state index in [1.54, 1.807) is 0 Å². The molecule has 0 N–H and O–H groups in total. The van der Waals surface area contributed by atoms with Crippen LogP contribution in [0.3, 0.4) is 0 Å². The molecule has 0 aromatic heterocycles. The van der Waals surface area contributed by atoms with Gasteiger partial charge in [0.25, 0.3) is 0 Å². The van der Waals surface area contributed by atoms with Crippen LogP contribution in [0, 0.1) is 23.2 Å². The van der Waals surface area contributed by atoms with Gasteiger partial charge in [-0.1, -0.05) is 41.0 Å². The number of hydrogen-bond donors (Lipinski definition) is 0. The molecule has 1 rings (SSSR count). The summed E-state index contributed by atoms with van der Waals surface area (Å²) in [6.07, 6.45) is 2.82. The third-order valence-corrected chi connectivity index (χ3v) is 4.11. The molecule has 1 aliphatic rings. The van der Waals surface area contributed by atoms with Crippen molar-refractivity contribution in [2.45, 2.75) is 47.5 Å². The molecule has 0 aliphatic heterocycles. The van der Waals surface area contributed by atoms with Gasteiger partial charge in [0, 0.05) is 0 Å². The molecular weight excluding hydrogens is 132 g/mol. The van der Waals surface area contributed by atoms with Gasteiger partial charge in [0.15, 0.2) is 0 Å². The van der Waals surface area contributed by atoms with Gasteiger partial charge in [-0.3, -0.25) is 0 Å². The highest BCUT2D eigenvalue weighted by Gasteiger charge is 2.46. The SMILES string of the molecule is CCC1(C)CC(C(C)C)C1C. The van der Waals surface area contributed by atoms with Gasteiger partial charge in [0.2, 0.25) is 0 Å². The lowest BCUT2D eigenvalue weighted by Gasteiger charge is -2.54. The van der Waals surface area contributed by atoms with Crippen LogP contribution in [0.15, 0.2) is 0 Å². The second-order valence-electron chi connectivity index (χ2n) is 4.91. The van der Waals surface area contributed by atoms with Crippen LogP contribution in [0.5, 0.6) is 0 Å². The van der Waals surface area contributed by atoms with E-state index in [2.05, 4.69) is 34.6 Å². The molecule has 0 bridgehead atoms. The van der Waals surface area contributed by atoms with Crippen LogP contribution in [0.1, 0.15) is 47.5 Å². The van der Waals surface area contributed by atoms with E-state index >= 15 is 0 Å². The Morgan fingerprint density at radius 2 is 2.00 bits per heavy atom. The predicted octanol–water partition coefficient (Wildman–Crippen LogP) is 3.71. The van der Waals surface area contributed by atoms with Crippen LogP contribution in [0.2, 0.25) is 0 Å². The minimum atomic E-state index is 0.676. The average Bonchev–Trinajstić information content (AvgIpc) is 1.98. The highest BCUT2D eigenvalue weighted by Crippen LogP contribution is 2.55. The zero-order valence-electron chi connectivity index (χ0n) is 8.65. The second-order valence-corrected chi connectivity index (χ2v) is 4.91. The first kappa shape index (κ1) is 9.09. The summed E-state index contributed by atoms with van der Waals surface area (Å²) in [5.74, 6) is 2.84. The van der Waals surface area contributed by atoms with E-state index in [0.717, 1.165) is 17.8 Å². The molecule has 0 aromatic carbocycles. The molecule has 1 saturated carbocycles. The molecule has 0 amide bonds. The molecule has 0 spiro atoms. The van der Waals surface area contributed by atoms with Crippen LogP contribution >= 0.6 is 0 Å². The molecule has 3 unspecified atom stereocenters. The Balaban J connectivity index is 2.49. The zero-order chi connectivity index (χ0) is 8.65. The van der Waals surface area contributed by atoms with Crippen molar-refractivity contribution < 1.29 is 0 Å². The lowest BCUT2D eigenvalue weighted by molar-refractivity contribution is -0.0433. The van der Waals surface area contributed by atoms with E-state index in [1.807, 2.05) is 0 Å². The van der Waals surface area contributed by atoms with Crippen LogP contribution < -0.4 is 0 Å². The molecule has 3 atom stereocenters. The Morgan fingerprint density at radius 1 is 1.45 bits per heavy atom. The van der Waals surface area contributed by atoms with Crippen molar-refractivity contribution in [2.24, 2.45) is 23.2 Å². The summed E-state index contributed by atoms with van der Waals surface area (Å²) in [5.41, 5.74) is 0.676. The lowest BCUT2D eigenvalue weighted by Crippen LogP contribution is -2.46. The van der Waals surface area contributed by atoms with Gasteiger partial charge < -0.3 is 0 Å². The molecule has 1 aliphatic carbocycles. The van der Waals surface area contributed by atoms with Gasteiger partial charge >= 0.3 is 0 Å². The fourth-order valence-electron chi connectivity index (χ4n) is 2.54. The van der Waals surface area contributed by atoms with Crippen molar-refractivity contribution >= 4 is 0 Å². The summed E-state index contributed by atoms with van der Waals surface area (Å²) >= 11 is 0. The minimum Gasteiger partial charge on any atom is -0.0649 e. The zero-order valence-corrected chi connectivity index (χ0v) is 8.65. The van der Waals surface area contributed by atoms with Gasteiger partial charge in [-0.15, -0.1) is 0 Å². The van der Waals surface area contributed by atoms with Crippen molar-refractivity contribution in [3.05, 3.63) is 0 Å². The Hall–Kier alpha value is 0. The maximum atomic E-state index is 2.44. The largest absolute Gasteiger partial charge is 0.0649 e. The number of rotatable bonds is 2. The highest BCUT2D eigenvalue weighted by molar-refractivity contribution is 4.96. The topological polar surface area (TPSA) is 0 Å². The monoisotopic (exact) mass is 154 g/mol. The summed E-state index contributed by atoms with van der Waals surface area (Å²) in [4.78, 5) is 0. The van der Waals surface area contributed by atoms with Gasteiger partial charge in [-0.2, -0.15) is 0 Å². The molecule has 1 fully saturated rings. The molecule has 11 heavy (non-hydrogen) atoms. The van der Waals surface area contributed by atoms with E-state index in [4.69, 9.17) is 0 Å². The van der Waals surface area contributed by atoms with Crippen molar-refractivity contribution in [3.8, 4) is 0 Å². The Morgan fingerprint density at radius 3 is 2.27 bits per heavy atom. The summed E-state index contributed by atoms with van der Waals surface area (Å²) in [6.45, 7) is 11.9. The summed E-state index contributed by atoms with van der Waals surface area (Å²) < 4.78 is 0. The lowest BCUT2D eigenvalue weighted by atomic mass is 9.51. The number of hydrogen-bond acceptors (Lipinski definition) is 0. The van der Waals surface area contributed by atoms with Crippen LogP contribution in [0.4, 0.5) is 0 Å². The standard InChI is InChI=1S/C11H22/c1-6-11(5)7-10(8(2)3)9(11)4/h8-10H,6-7H2,1-5H3. The van der Waals surface area contributed by atoms with Crippen LogP contribution in [-0.4, -0.2) is 0 Å². The summed E-state index contributed by atoms with van der Waals surface area (Å²) in [5, 5.41) is 0. The van der Waals surface area contributed by atoms with E-state index in [9.17, 15) is 0 Å². The molecule has 0 aromatic rings. The Bertz CT molecular complexity index is 137. The van der Waals surface area contributed by atoms with Crippen molar-refractivity contribution in [1.82, 2.24) is 0 Å². The van der Waals surface area contributed by atoms with Gasteiger partial charge in [-0.25, -0.2) is 0 Å². The van der Waals surface area contributed by atoms with Gasteiger partial charge in [-0.05, 0) is 29.6 Å². The second kappa shape index (κ2) is 2.80. The highest BCUT2D eigenvalue weighted by atomic mass is 14.5. The van der Waals surface area contributed by atoms with Crippen LogP contribution in [-0.2, 0) is 0 Å². The maximum absolute atomic E-state index is 2.44. The van der Waals surface area contributed by atoms with Gasteiger partial charge in [0.05, 0.1) is 0 Å². The molecule has 66 valence electrons. The molecule has 0 nitrogen and oxygen atoms in total. The predicted molar refractivity (Wildman–Crippen MR) is 50.5 cm³/mol. The first-order valence-corrected chi connectivity index (χ1v) is 5.01. The smallest absolute Gasteiger partial charge is 0.0297 e. The fraction of sp³-hybridized carbons (Fsp3) is 1.00. The fourth-order valence-corrected chi connectivity index (χ4v) is 2.54. The third-order valence-electron chi connectivity index (χ3n) is 4.11. The normalized spacial score (nSPS) is 44.2. The van der Waals surface area contributed by atoms with Gasteiger partial charge in [0.1, 0.15) is 0 Å². The first-order valence-electron chi connectivity index (χ1n) is 5.01. The molecule has 0 radical (unpaired) electrons. The molecule has 0 heterocycles. The maximum Gasteiger partial charge on any atom is -0.0297 e. The summed E-state index contributed by atoms with van der Waals surface area (Å²) in [7, 11) is 0. The quantitative estimate of drug-likeness (QED) is 0.568. The third kappa shape index (κ3) is 1.32. The van der Waals surface area contributed by atoms with Crippen molar-refractivity contribution in [2.75, 3.05) is 0 Å². The average molecular weight is 154 g/mol. The van der Waals surface area contributed by atoms with Crippen LogP contribution in [0.25, 0.3) is 0 Å². The molecule has 0 heteroatoms. The Labute approximate surface area is 71.4 Å². The van der Waals surface area contributed by atoms with E-state index in [-0.39, 0.29) is 0 Å². The first-order chi connectivity index (χ1) is 5.01. The van der Waals surface area contributed by atoms with Crippen molar-refractivity contribution in [1.29, 1.82) is 0 Å². The van der Waals surface area contributed by atoms with E-state index < -0.39 is 0 Å². The molecular formula is C11H22. The molecule has 0 saturated heterocycles. The van der Waals surface area contributed by atoms with Crippen molar-refractivity contribution in [3.63, 3.8) is 0 Å². The summed E-state index contributed by atoms with van der Waals surface area (Å²) in [6, 6.07) is 0. The minimum absolute atomic E-state index is 0.676. The Kier molecular flexibility index (Phi) is 2.32.